The zero-order chi connectivity index (χ0) is 18.4. The van der Waals surface area contributed by atoms with E-state index < -0.39 is 29.5 Å². The molecule has 7 heteroatoms. The number of hydrogen-bond donors (Lipinski definition) is 0. The minimum atomic E-state index is -0.994. The molecule has 0 saturated carbocycles. The van der Waals surface area contributed by atoms with Gasteiger partial charge in [-0.15, -0.1) is 23.1 Å². The van der Waals surface area contributed by atoms with E-state index in [4.69, 9.17) is 4.74 Å². The summed E-state index contributed by atoms with van der Waals surface area (Å²) in [7, 11) is 0. The van der Waals surface area contributed by atoms with Gasteiger partial charge in [0.15, 0.2) is 18.3 Å². The van der Waals surface area contributed by atoms with Crippen LogP contribution < -0.4 is 0 Å². The molecule has 0 unspecified atom stereocenters. The highest BCUT2D eigenvalue weighted by Crippen LogP contribution is 2.25. The highest BCUT2D eigenvalue weighted by molar-refractivity contribution is 8.00. The Labute approximate surface area is 155 Å². The Bertz CT molecular complexity index is 793. The molecule has 1 heterocycles. The summed E-state index contributed by atoms with van der Waals surface area (Å²) in [4.78, 5) is 29.4. The molecule has 2 atom stereocenters. The number of Topliss-reactive ketones (excluding diaryl/α,β-unsaturated/α-hetero) is 1. The van der Waals surface area contributed by atoms with Crippen LogP contribution in [-0.2, 0) is 14.3 Å². The third kappa shape index (κ3) is 5.41. The highest BCUT2D eigenvalue weighted by atomic mass is 32.2. The smallest absolute Gasteiger partial charge is 0.319 e. The molecule has 0 fully saturated rings. The van der Waals surface area contributed by atoms with Gasteiger partial charge in [0, 0.05) is 16.0 Å². The van der Waals surface area contributed by atoms with Crippen molar-refractivity contribution in [1.29, 1.82) is 5.26 Å². The third-order valence-electron chi connectivity index (χ3n) is 3.36. The molecule has 0 amide bonds. The molecule has 130 valence electrons. The average Bonchev–Trinajstić information content (AvgIpc) is 3.01. The molecule has 0 aliphatic heterocycles. The number of nitrogens with zero attached hydrogens (tertiary/aromatic N) is 2. The summed E-state index contributed by atoms with van der Waals surface area (Å²) in [6.45, 7) is 5.09. The maximum Gasteiger partial charge on any atom is 0.319 e. The Morgan fingerprint density at radius 3 is 2.56 bits per heavy atom. The largest absolute Gasteiger partial charge is 0.457 e. The minimum Gasteiger partial charge on any atom is -0.457 e. The van der Waals surface area contributed by atoms with Crippen LogP contribution in [0, 0.1) is 25.2 Å². The van der Waals surface area contributed by atoms with Gasteiger partial charge in [0.2, 0.25) is 0 Å². The fourth-order valence-corrected chi connectivity index (χ4v) is 3.71. The first kappa shape index (κ1) is 19.2. The van der Waals surface area contributed by atoms with E-state index in [-0.39, 0.29) is 0 Å². The molecule has 0 spiro atoms. The number of benzene rings is 1. The lowest BCUT2D eigenvalue weighted by atomic mass is 10.1. The summed E-state index contributed by atoms with van der Waals surface area (Å²) < 4.78 is 5.09. The van der Waals surface area contributed by atoms with Crippen LogP contribution in [0.5, 0.6) is 0 Å². The van der Waals surface area contributed by atoms with Crippen LogP contribution in [-0.4, -0.2) is 28.6 Å². The summed E-state index contributed by atoms with van der Waals surface area (Å²) in [5.74, 6) is -1.93. The summed E-state index contributed by atoms with van der Waals surface area (Å²) in [5, 5.41) is 11.0. The number of thiazole rings is 1. The Hall–Kier alpha value is -2.17. The van der Waals surface area contributed by atoms with E-state index in [1.54, 1.807) is 19.2 Å². The van der Waals surface area contributed by atoms with Gasteiger partial charge in [-0.05, 0) is 32.9 Å². The Morgan fingerprint density at radius 1 is 1.32 bits per heavy atom. The van der Waals surface area contributed by atoms with Crippen LogP contribution in [0.4, 0.5) is 0 Å². The molecule has 25 heavy (non-hydrogen) atoms. The van der Waals surface area contributed by atoms with E-state index in [0.29, 0.717) is 5.01 Å². The zero-order valence-corrected chi connectivity index (χ0v) is 15.8. The molecule has 1 aromatic heterocycles. The van der Waals surface area contributed by atoms with Crippen molar-refractivity contribution >= 4 is 34.9 Å². The number of rotatable bonds is 7. The Kier molecular flexibility index (Phi) is 6.73. The van der Waals surface area contributed by atoms with Gasteiger partial charge in [-0.3, -0.25) is 9.59 Å². The quantitative estimate of drug-likeness (QED) is 0.543. The van der Waals surface area contributed by atoms with E-state index in [2.05, 4.69) is 4.98 Å². The summed E-state index contributed by atoms with van der Waals surface area (Å²) in [5.41, 5.74) is 1.90. The number of aryl methyl sites for hydroxylation is 2. The van der Waals surface area contributed by atoms with Crippen LogP contribution in [0.3, 0.4) is 0 Å². The monoisotopic (exact) mass is 374 g/mol. The normalized spacial score (nSPS) is 12.9. The number of nitriles is 1. The summed E-state index contributed by atoms with van der Waals surface area (Å²) >= 11 is 2.62. The number of aromatic nitrogens is 1. The number of thioether (sulfide) groups is 1. The molecule has 0 radical (unpaired) electrons. The zero-order valence-electron chi connectivity index (χ0n) is 14.2. The van der Waals surface area contributed by atoms with Crippen molar-refractivity contribution in [3.05, 3.63) is 45.9 Å². The van der Waals surface area contributed by atoms with Crippen molar-refractivity contribution in [2.24, 2.45) is 0 Å². The van der Waals surface area contributed by atoms with Crippen LogP contribution in [0.25, 0.3) is 0 Å². The molecule has 0 N–H and O–H groups in total. The van der Waals surface area contributed by atoms with Gasteiger partial charge >= 0.3 is 5.97 Å². The first-order valence-electron chi connectivity index (χ1n) is 7.65. The predicted molar refractivity (Wildman–Crippen MR) is 97.7 cm³/mol. The number of carbonyl (C=O) groups is 2. The van der Waals surface area contributed by atoms with Crippen molar-refractivity contribution in [3.8, 4) is 6.07 Å². The van der Waals surface area contributed by atoms with Gasteiger partial charge in [-0.1, -0.05) is 17.7 Å². The van der Waals surface area contributed by atoms with E-state index in [0.717, 1.165) is 16.2 Å². The van der Waals surface area contributed by atoms with Gasteiger partial charge in [0.25, 0.3) is 0 Å². The summed E-state index contributed by atoms with van der Waals surface area (Å²) in [6.07, 6.45) is 0. The Morgan fingerprint density at radius 2 is 2.00 bits per heavy atom. The molecule has 0 aliphatic rings. The molecular weight excluding hydrogens is 356 g/mol. The van der Waals surface area contributed by atoms with Crippen LogP contribution in [0.2, 0.25) is 0 Å². The molecule has 0 aliphatic carbocycles. The van der Waals surface area contributed by atoms with E-state index in [9.17, 15) is 14.9 Å². The van der Waals surface area contributed by atoms with Gasteiger partial charge in [-0.25, -0.2) is 4.98 Å². The molecule has 0 saturated heterocycles. The number of hydrogen-bond acceptors (Lipinski definition) is 7. The highest BCUT2D eigenvalue weighted by Gasteiger charge is 2.25. The number of carbonyl (C=O) groups excluding carboxylic acids is 2. The predicted octanol–water partition coefficient (Wildman–Crippen LogP) is 3.66. The molecular formula is C18H18N2O3S2. The second-order valence-corrected chi connectivity index (χ2v) is 7.84. The average molecular weight is 374 g/mol. The van der Waals surface area contributed by atoms with Crippen molar-refractivity contribution in [1.82, 2.24) is 4.98 Å². The van der Waals surface area contributed by atoms with Crippen LogP contribution in [0.15, 0.2) is 34.5 Å². The van der Waals surface area contributed by atoms with Gasteiger partial charge < -0.3 is 4.74 Å². The molecule has 1 aromatic carbocycles. The molecule has 2 rings (SSSR count). The van der Waals surface area contributed by atoms with Crippen molar-refractivity contribution in [2.45, 2.75) is 36.8 Å². The summed E-state index contributed by atoms with van der Waals surface area (Å²) in [6, 6.07) is 9.74. The molecule has 0 bridgehead atoms. The van der Waals surface area contributed by atoms with Crippen LogP contribution >= 0.6 is 23.1 Å². The topological polar surface area (TPSA) is 80.0 Å². The van der Waals surface area contributed by atoms with E-state index >= 15 is 0 Å². The minimum absolute atomic E-state index is 0.422. The standard InChI is InChI=1S/C18H18N2O3S2/c1-11-4-6-14(7-5-11)25-13(3)18(22)23-9-16(21)15(8-19)17-20-12(2)10-24-17/h4-7,10,13,15H,9H2,1-3H3/t13-,15+/m1/s1. The number of esters is 1. The molecule has 5 nitrogen and oxygen atoms in total. The van der Waals surface area contributed by atoms with Crippen molar-refractivity contribution < 1.29 is 14.3 Å². The lowest BCUT2D eigenvalue weighted by molar-refractivity contribution is -0.147. The second-order valence-electron chi connectivity index (χ2n) is 5.54. The van der Waals surface area contributed by atoms with Crippen molar-refractivity contribution in [3.63, 3.8) is 0 Å². The van der Waals surface area contributed by atoms with Crippen LogP contribution in [0.1, 0.15) is 29.1 Å². The maximum atomic E-state index is 12.2. The first-order valence-corrected chi connectivity index (χ1v) is 9.41. The van der Waals surface area contributed by atoms with Gasteiger partial charge in [-0.2, -0.15) is 5.26 Å². The van der Waals surface area contributed by atoms with Gasteiger partial charge in [0.1, 0.15) is 10.3 Å². The fourth-order valence-electron chi connectivity index (χ4n) is 1.98. The van der Waals surface area contributed by atoms with E-state index in [1.165, 1.54) is 23.1 Å². The lowest BCUT2D eigenvalue weighted by Crippen LogP contribution is -2.24. The fraction of sp³-hybridized carbons (Fsp3) is 0.333. The third-order valence-corrected chi connectivity index (χ3v) is 5.48. The Balaban J connectivity index is 1.88. The van der Waals surface area contributed by atoms with Crippen molar-refractivity contribution in [2.75, 3.05) is 6.61 Å². The number of ether oxygens (including phenoxy) is 1. The second kappa shape index (κ2) is 8.79. The maximum absolute atomic E-state index is 12.2. The number of ketones is 1. The molecule has 2 aromatic rings. The lowest BCUT2D eigenvalue weighted by Gasteiger charge is -2.12. The van der Waals surface area contributed by atoms with Gasteiger partial charge in [0.05, 0.1) is 6.07 Å². The first-order chi connectivity index (χ1) is 11.9. The van der Waals surface area contributed by atoms with E-state index in [1.807, 2.05) is 37.3 Å². The SMILES string of the molecule is Cc1ccc(S[C@H](C)C(=O)OCC(=O)[C@H](C#N)c2nc(C)cs2)cc1.